The van der Waals surface area contributed by atoms with E-state index >= 15 is 0 Å². The zero-order valence-corrected chi connectivity index (χ0v) is 17.5. The van der Waals surface area contributed by atoms with Crippen molar-refractivity contribution in [3.63, 3.8) is 0 Å². The number of likely N-dealkylation sites (N-methyl/N-ethyl adjacent to an activating group) is 1. The van der Waals surface area contributed by atoms with Crippen LogP contribution >= 0.6 is 11.6 Å². The highest BCUT2D eigenvalue weighted by molar-refractivity contribution is 7.89. The number of amides is 2. The summed E-state index contributed by atoms with van der Waals surface area (Å²) < 4.78 is 26.1. The normalized spacial score (nSPS) is 14.2. The molecule has 0 bridgehead atoms. The molecule has 1 aliphatic heterocycles. The van der Waals surface area contributed by atoms with Gasteiger partial charge in [-0.25, -0.2) is 8.42 Å². The molecule has 1 aliphatic rings. The van der Waals surface area contributed by atoms with E-state index in [1.165, 1.54) is 25.2 Å². The van der Waals surface area contributed by atoms with Crippen LogP contribution in [-0.2, 0) is 14.8 Å². The highest BCUT2D eigenvalue weighted by Crippen LogP contribution is 2.24. The van der Waals surface area contributed by atoms with E-state index in [-0.39, 0.29) is 10.8 Å². The van der Waals surface area contributed by atoms with Crippen molar-refractivity contribution >= 4 is 39.1 Å². The maximum atomic E-state index is 12.8. The molecule has 29 heavy (non-hydrogen) atoms. The summed E-state index contributed by atoms with van der Waals surface area (Å²) in [6, 6.07) is 12.5. The van der Waals surface area contributed by atoms with Gasteiger partial charge >= 0.3 is 0 Å². The number of nitrogens with zero attached hydrogens (tertiary/aromatic N) is 2. The van der Waals surface area contributed by atoms with E-state index in [0.29, 0.717) is 29.4 Å². The smallest absolute Gasteiger partial charge is 0.256 e. The van der Waals surface area contributed by atoms with Crippen LogP contribution < -0.4 is 5.32 Å². The standard InChI is InChI=1S/C20H22ClN3O4S/c1-23(29(27,28)16-7-3-2-4-8-16)14-19(25)22-18-10-9-15(21)13-17(18)20(26)24-11-5-6-12-24/h2-4,7-10,13H,5-6,11-12,14H2,1H3,(H,22,25). The number of likely N-dealkylation sites (tertiary alicyclic amines) is 1. The Labute approximate surface area is 175 Å². The summed E-state index contributed by atoms with van der Waals surface area (Å²) in [5.74, 6) is -0.754. The number of nitrogens with one attached hydrogen (secondary N) is 1. The van der Waals surface area contributed by atoms with Gasteiger partial charge in [0.05, 0.1) is 22.7 Å². The summed E-state index contributed by atoms with van der Waals surface area (Å²) in [7, 11) is -2.46. The van der Waals surface area contributed by atoms with Crippen molar-refractivity contribution in [3.05, 3.63) is 59.1 Å². The van der Waals surface area contributed by atoms with Gasteiger partial charge in [0.25, 0.3) is 5.91 Å². The molecule has 1 heterocycles. The van der Waals surface area contributed by atoms with Crippen molar-refractivity contribution in [1.29, 1.82) is 0 Å². The number of hydrogen-bond donors (Lipinski definition) is 1. The van der Waals surface area contributed by atoms with E-state index in [1.54, 1.807) is 35.2 Å². The summed E-state index contributed by atoms with van der Waals surface area (Å²) >= 11 is 6.05. The van der Waals surface area contributed by atoms with Crippen LogP contribution in [0.2, 0.25) is 5.02 Å². The number of carbonyl (C=O) groups is 2. The first-order valence-electron chi connectivity index (χ1n) is 9.19. The highest BCUT2D eigenvalue weighted by Gasteiger charge is 2.25. The van der Waals surface area contributed by atoms with Gasteiger partial charge in [0.15, 0.2) is 0 Å². The zero-order chi connectivity index (χ0) is 21.0. The summed E-state index contributed by atoms with van der Waals surface area (Å²) in [6.07, 6.45) is 1.88. The molecule has 0 aromatic heterocycles. The van der Waals surface area contributed by atoms with Crippen LogP contribution in [0.15, 0.2) is 53.4 Å². The largest absolute Gasteiger partial charge is 0.339 e. The highest BCUT2D eigenvalue weighted by atomic mass is 35.5. The predicted octanol–water partition coefficient (Wildman–Crippen LogP) is 2.84. The number of anilines is 1. The van der Waals surface area contributed by atoms with Gasteiger partial charge in [-0.1, -0.05) is 29.8 Å². The lowest BCUT2D eigenvalue weighted by Crippen LogP contribution is -2.35. The van der Waals surface area contributed by atoms with E-state index in [9.17, 15) is 18.0 Å². The van der Waals surface area contributed by atoms with Gasteiger partial charge in [-0.15, -0.1) is 0 Å². The van der Waals surface area contributed by atoms with Gasteiger partial charge in [0.1, 0.15) is 0 Å². The maximum Gasteiger partial charge on any atom is 0.256 e. The predicted molar refractivity (Wildman–Crippen MR) is 111 cm³/mol. The molecule has 2 amide bonds. The van der Waals surface area contributed by atoms with Gasteiger partial charge in [0.2, 0.25) is 15.9 Å². The lowest BCUT2D eigenvalue weighted by Gasteiger charge is -2.20. The molecular formula is C20H22ClN3O4S. The Balaban J connectivity index is 1.74. The number of carbonyl (C=O) groups excluding carboxylic acids is 2. The Morgan fingerprint density at radius 1 is 1.10 bits per heavy atom. The third kappa shape index (κ3) is 4.95. The van der Waals surface area contributed by atoms with E-state index < -0.39 is 22.5 Å². The average Bonchev–Trinajstić information content (AvgIpc) is 3.24. The second-order valence-corrected chi connectivity index (χ2v) is 9.29. The van der Waals surface area contributed by atoms with Gasteiger partial charge in [-0.2, -0.15) is 4.31 Å². The summed E-state index contributed by atoms with van der Waals surface area (Å²) in [4.78, 5) is 27.1. The Hall–Kier alpha value is -2.42. The minimum atomic E-state index is -3.80. The van der Waals surface area contributed by atoms with Crippen molar-refractivity contribution in [2.24, 2.45) is 0 Å². The first kappa shape index (κ1) is 21.3. The lowest BCUT2D eigenvalue weighted by atomic mass is 10.1. The number of rotatable bonds is 6. The van der Waals surface area contributed by atoms with Gasteiger partial charge in [-0.3, -0.25) is 9.59 Å². The number of sulfonamides is 1. The molecule has 7 nitrogen and oxygen atoms in total. The van der Waals surface area contributed by atoms with Crippen LogP contribution in [0.5, 0.6) is 0 Å². The first-order valence-corrected chi connectivity index (χ1v) is 11.0. The minimum absolute atomic E-state index is 0.103. The molecule has 1 saturated heterocycles. The van der Waals surface area contributed by atoms with E-state index in [0.717, 1.165) is 17.1 Å². The van der Waals surface area contributed by atoms with Crippen LogP contribution in [0, 0.1) is 0 Å². The Bertz CT molecular complexity index is 1010. The number of benzene rings is 2. The SMILES string of the molecule is CN(CC(=O)Nc1ccc(Cl)cc1C(=O)N1CCCC1)S(=O)(=O)c1ccccc1. The molecule has 0 radical (unpaired) electrons. The molecule has 1 fully saturated rings. The Morgan fingerprint density at radius 2 is 1.76 bits per heavy atom. The second-order valence-electron chi connectivity index (χ2n) is 6.81. The summed E-state index contributed by atoms with van der Waals surface area (Å²) in [6.45, 7) is 0.935. The average molecular weight is 436 g/mol. The Kier molecular flexibility index (Phi) is 6.56. The fourth-order valence-corrected chi connectivity index (χ4v) is 4.46. The van der Waals surface area contributed by atoms with Crippen LogP contribution in [0.4, 0.5) is 5.69 Å². The van der Waals surface area contributed by atoms with Gasteiger partial charge in [-0.05, 0) is 43.2 Å². The Morgan fingerprint density at radius 3 is 2.41 bits per heavy atom. The fourth-order valence-electron chi connectivity index (χ4n) is 3.14. The molecule has 0 saturated carbocycles. The van der Waals surface area contributed by atoms with Crippen molar-refractivity contribution in [3.8, 4) is 0 Å². The zero-order valence-electron chi connectivity index (χ0n) is 16.0. The van der Waals surface area contributed by atoms with Crippen LogP contribution in [0.25, 0.3) is 0 Å². The topological polar surface area (TPSA) is 86.8 Å². The van der Waals surface area contributed by atoms with E-state index in [4.69, 9.17) is 11.6 Å². The molecule has 3 rings (SSSR count). The molecule has 1 N–H and O–H groups in total. The first-order chi connectivity index (χ1) is 13.8. The second kappa shape index (κ2) is 8.94. The van der Waals surface area contributed by atoms with Crippen molar-refractivity contribution in [2.45, 2.75) is 17.7 Å². The van der Waals surface area contributed by atoms with Crippen LogP contribution in [-0.4, -0.2) is 56.1 Å². The maximum absolute atomic E-state index is 12.8. The number of hydrogen-bond acceptors (Lipinski definition) is 4. The molecule has 2 aromatic rings. The van der Waals surface area contributed by atoms with Gasteiger partial charge in [0, 0.05) is 25.2 Å². The lowest BCUT2D eigenvalue weighted by molar-refractivity contribution is -0.116. The summed E-state index contributed by atoms with van der Waals surface area (Å²) in [5.41, 5.74) is 0.600. The molecule has 0 spiro atoms. The molecule has 0 aliphatic carbocycles. The molecule has 9 heteroatoms. The van der Waals surface area contributed by atoms with E-state index in [2.05, 4.69) is 5.32 Å². The van der Waals surface area contributed by atoms with Gasteiger partial charge < -0.3 is 10.2 Å². The minimum Gasteiger partial charge on any atom is -0.339 e. The summed E-state index contributed by atoms with van der Waals surface area (Å²) in [5, 5.41) is 3.03. The van der Waals surface area contributed by atoms with Crippen molar-refractivity contribution < 1.29 is 18.0 Å². The molecular weight excluding hydrogens is 414 g/mol. The molecule has 2 aromatic carbocycles. The van der Waals surface area contributed by atoms with Crippen molar-refractivity contribution in [1.82, 2.24) is 9.21 Å². The van der Waals surface area contributed by atoms with E-state index in [1.807, 2.05) is 0 Å². The number of halogens is 1. The molecule has 154 valence electrons. The third-order valence-corrected chi connectivity index (χ3v) is 6.75. The van der Waals surface area contributed by atoms with Crippen molar-refractivity contribution in [2.75, 3.05) is 32.0 Å². The quantitative estimate of drug-likeness (QED) is 0.755. The fraction of sp³-hybridized carbons (Fsp3) is 0.300. The molecule has 0 atom stereocenters. The monoisotopic (exact) mass is 435 g/mol. The molecule has 0 unspecified atom stereocenters. The van der Waals surface area contributed by atoms with Crippen LogP contribution in [0.1, 0.15) is 23.2 Å². The third-order valence-electron chi connectivity index (χ3n) is 4.70. The van der Waals surface area contributed by atoms with Crippen LogP contribution in [0.3, 0.4) is 0 Å².